The summed E-state index contributed by atoms with van der Waals surface area (Å²) in [6.45, 7) is 8.25. The zero-order valence-electron chi connectivity index (χ0n) is 15.3. The van der Waals surface area contributed by atoms with Crippen LogP contribution in [-0.2, 0) is 20.8 Å². The number of amides is 3. The van der Waals surface area contributed by atoms with E-state index in [0.717, 1.165) is 5.56 Å². The lowest BCUT2D eigenvalue weighted by Gasteiger charge is -2.30. The number of nitrogens with zero attached hydrogens (tertiary/aromatic N) is 1. The first kappa shape index (κ1) is 19.4. The lowest BCUT2D eigenvalue weighted by Crippen LogP contribution is -2.49. The molecule has 6 nitrogen and oxygen atoms in total. The molecule has 138 valence electrons. The average molecular weight is 365 g/mol. The van der Waals surface area contributed by atoms with E-state index in [1.54, 1.807) is 16.2 Å². The van der Waals surface area contributed by atoms with E-state index in [9.17, 15) is 14.4 Å². The highest BCUT2D eigenvalue weighted by Crippen LogP contribution is 2.26. The van der Waals surface area contributed by atoms with Gasteiger partial charge in [0, 0.05) is 24.5 Å². The van der Waals surface area contributed by atoms with Gasteiger partial charge in [0.15, 0.2) is 0 Å². The number of thiophene rings is 1. The molecule has 1 aliphatic heterocycles. The third kappa shape index (κ3) is 5.04. The molecule has 0 bridgehead atoms. The predicted octanol–water partition coefficient (Wildman–Crippen LogP) is 1.56. The summed E-state index contributed by atoms with van der Waals surface area (Å²) in [5.41, 5.74) is 0.406. The van der Waals surface area contributed by atoms with Crippen molar-refractivity contribution in [3.63, 3.8) is 0 Å². The molecule has 2 unspecified atom stereocenters. The van der Waals surface area contributed by atoms with Gasteiger partial charge in [-0.3, -0.25) is 14.4 Å². The fourth-order valence-corrected chi connectivity index (χ4v) is 3.66. The van der Waals surface area contributed by atoms with Gasteiger partial charge in [0.1, 0.15) is 6.04 Å². The number of carbonyl (C=O) groups excluding carboxylic acids is 3. The molecule has 1 aromatic rings. The fraction of sp³-hybridized carbons (Fsp3) is 0.611. The van der Waals surface area contributed by atoms with E-state index >= 15 is 0 Å². The molecule has 2 rings (SSSR count). The molecule has 3 amide bonds. The van der Waals surface area contributed by atoms with Crippen molar-refractivity contribution < 1.29 is 14.4 Å². The Morgan fingerprint density at radius 1 is 1.32 bits per heavy atom. The van der Waals surface area contributed by atoms with Crippen molar-refractivity contribution in [2.24, 2.45) is 5.41 Å². The van der Waals surface area contributed by atoms with Crippen LogP contribution in [0.2, 0.25) is 0 Å². The Hall–Kier alpha value is -1.89. The molecular formula is C18H27N3O3S. The van der Waals surface area contributed by atoms with Crippen molar-refractivity contribution in [3.8, 4) is 0 Å². The molecule has 25 heavy (non-hydrogen) atoms. The molecule has 1 saturated heterocycles. The summed E-state index contributed by atoms with van der Waals surface area (Å²) in [4.78, 5) is 38.9. The third-order valence-corrected chi connectivity index (χ3v) is 4.90. The standard InChI is InChI=1S/C18H27N3O3S/c1-5-19-16(23)14-9-13(10-21(14)17(24)18(2,3)4)20-15(22)8-12-6-7-25-11-12/h6-7,11,13-14H,5,8-10H2,1-4H3,(H,19,23)(H,20,22). The maximum Gasteiger partial charge on any atom is 0.242 e. The second kappa shape index (κ2) is 7.99. The molecule has 1 fully saturated rings. The Balaban J connectivity index is 2.05. The number of hydrogen-bond donors (Lipinski definition) is 2. The van der Waals surface area contributed by atoms with Gasteiger partial charge in [0.05, 0.1) is 6.42 Å². The molecule has 0 saturated carbocycles. The van der Waals surface area contributed by atoms with E-state index in [1.807, 2.05) is 44.5 Å². The minimum atomic E-state index is -0.569. The van der Waals surface area contributed by atoms with Crippen LogP contribution in [0.3, 0.4) is 0 Å². The highest BCUT2D eigenvalue weighted by molar-refractivity contribution is 7.08. The van der Waals surface area contributed by atoms with E-state index < -0.39 is 11.5 Å². The molecule has 0 radical (unpaired) electrons. The summed E-state index contributed by atoms with van der Waals surface area (Å²) < 4.78 is 0. The van der Waals surface area contributed by atoms with E-state index in [0.29, 0.717) is 25.9 Å². The lowest BCUT2D eigenvalue weighted by molar-refractivity contribution is -0.144. The first-order valence-electron chi connectivity index (χ1n) is 8.61. The Kier molecular flexibility index (Phi) is 6.21. The summed E-state index contributed by atoms with van der Waals surface area (Å²) in [5, 5.41) is 9.65. The molecule has 1 aliphatic rings. The van der Waals surface area contributed by atoms with E-state index in [4.69, 9.17) is 0 Å². The number of likely N-dealkylation sites (tertiary alicyclic amines) is 1. The van der Waals surface area contributed by atoms with E-state index in [1.165, 1.54) is 0 Å². The van der Waals surface area contributed by atoms with Crippen LogP contribution in [0, 0.1) is 5.41 Å². The molecule has 0 aromatic carbocycles. The van der Waals surface area contributed by atoms with Crippen molar-refractivity contribution in [1.82, 2.24) is 15.5 Å². The topological polar surface area (TPSA) is 78.5 Å². The second-order valence-corrected chi connectivity index (χ2v) is 8.21. The minimum absolute atomic E-state index is 0.0710. The molecule has 2 atom stereocenters. The average Bonchev–Trinajstić information content (AvgIpc) is 3.15. The molecule has 0 aliphatic carbocycles. The van der Waals surface area contributed by atoms with Crippen LogP contribution in [0.5, 0.6) is 0 Å². The second-order valence-electron chi connectivity index (χ2n) is 7.43. The van der Waals surface area contributed by atoms with Crippen LogP contribution in [0.4, 0.5) is 0 Å². The zero-order valence-corrected chi connectivity index (χ0v) is 16.1. The van der Waals surface area contributed by atoms with Gasteiger partial charge in [0.25, 0.3) is 0 Å². The van der Waals surface area contributed by atoms with Gasteiger partial charge < -0.3 is 15.5 Å². The predicted molar refractivity (Wildman–Crippen MR) is 98.2 cm³/mol. The summed E-state index contributed by atoms with van der Waals surface area (Å²) in [5.74, 6) is -0.309. The van der Waals surface area contributed by atoms with Crippen LogP contribution in [0.25, 0.3) is 0 Å². The maximum atomic E-state index is 12.7. The normalized spacial score (nSPS) is 20.4. The maximum absolute atomic E-state index is 12.7. The number of nitrogens with one attached hydrogen (secondary N) is 2. The van der Waals surface area contributed by atoms with Gasteiger partial charge in [-0.15, -0.1) is 0 Å². The van der Waals surface area contributed by atoms with Crippen LogP contribution < -0.4 is 10.6 Å². The smallest absolute Gasteiger partial charge is 0.242 e. The van der Waals surface area contributed by atoms with E-state index in [-0.39, 0.29) is 23.8 Å². The first-order chi connectivity index (χ1) is 11.7. The quantitative estimate of drug-likeness (QED) is 0.831. The van der Waals surface area contributed by atoms with Crippen molar-refractivity contribution in [3.05, 3.63) is 22.4 Å². The van der Waals surface area contributed by atoms with Crippen LogP contribution >= 0.6 is 11.3 Å². The van der Waals surface area contributed by atoms with Crippen molar-refractivity contribution in [2.75, 3.05) is 13.1 Å². The van der Waals surface area contributed by atoms with Crippen molar-refractivity contribution in [2.45, 2.75) is 52.6 Å². The largest absolute Gasteiger partial charge is 0.355 e. The van der Waals surface area contributed by atoms with Gasteiger partial charge in [-0.05, 0) is 35.7 Å². The zero-order chi connectivity index (χ0) is 18.6. The van der Waals surface area contributed by atoms with Crippen LogP contribution in [0.15, 0.2) is 16.8 Å². The molecular weight excluding hydrogens is 338 g/mol. The Morgan fingerprint density at radius 3 is 2.60 bits per heavy atom. The number of likely N-dealkylation sites (N-methyl/N-ethyl adjacent to an activating group) is 1. The SMILES string of the molecule is CCNC(=O)C1CC(NC(=O)Cc2ccsc2)CN1C(=O)C(C)(C)C. The highest BCUT2D eigenvalue weighted by atomic mass is 32.1. The number of rotatable bonds is 5. The number of hydrogen-bond acceptors (Lipinski definition) is 4. The molecule has 1 aromatic heterocycles. The van der Waals surface area contributed by atoms with Gasteiger partial charge in [0.2, 0.25) is 17.7 Å². The summed E-state index contributed by atoms with van der Waals surface area (Å²) in [6.07, 6.45) is 0.766. The fourth-order valence-electron chi connectivity index (χ4n) is 2.99. The monoisotopic (exact) mass is 365 g/mol. The van der Waals surface area contributed by atoms with Crippen molar-refractivity contribution >= 4 is 29.1 Å². The van der Waals surface area contributed by atoms with Gasteiger partial charge in [-0.2, -0.15) is 11.3 Å². The molecule has 0 spiro atoms. The molecule has 2 heterocycles. The Morgan fingerprint density at radius 2 is 2.04 bits per heavy atom. The van der Waals surface area contributed by atoms with Crippen LogP contribution in [-0.4, -0.2) is 47.8 Å². The molecule has 7 heteroatoms. The Bertz CT molecular complexity index is 622. The van der Waals surface area contributed by atoms with Crippen LogP contribution in [0.1, 0.15) is 39.7 Å². The van der Waals surface area contributed by atoms with Crippen molar-refractivity contribution in [1.29, 1.82) is 0 Å². The summed E-state index contributed by atoms with van der Waals surface area (Å²) in [6, 6.07) is 1.19. The number of carbonyl (C=O) groups is 3. The summed E-state index contributed by atoms with van der Waals surface area (Å²) >= 11 is 1.56. The molecule has 2 N–H and O–H groups in total. The lowest BCUT2D eigenvalue weighted by atomic mass is 9.94. The van der Waals surface area contributed by atoms with E-state index in [2.05, 4.69) is 10.6 Å². The van der Waals surface area contributed by atoms with Gasteiger partial charge in [-0.25, -0.2) is 0 Å². The summed E-state index contributed by atoms with van der Waals surface area (Å²) in [7, 11) is 0. The minimum Gasteiger partial charge on any atom is -0.355 e. The third-order valence-electron chi connectivity index (χ3n) is 4.17. The van der Waals surface area contributed by atoms with Gasteiger partial charge in [-0.1, -0.05) is 20.8 Å². The Labute approximate surface area is 153 Å². The van der Waals surface area contributed by atoms with Gasteiger partial charge >= 0.3 is 0 Å². The highest BCUT2D eigenvalue weighted by Gasteiger charge is 2.42. The first-order valence-corrected chi connectivity index (χ1v) is 9.56.